The van der Waals surface area contributed by atoms with Crippen LogP contribution in [-0.2, 0) is 0 Å². The lowest BCUT2D eigenvalue weighted by atomic mass is 11.3. The molecule has 3 heteroatoms. The van der Waals surface area contributed by atoms with Crippen LogP contribution in [0.4, 0.5) is 0 Å². The van der Waals surface area contributed by atoms with Crippen molar-refractivity contribution >= 4 is 25.6 Å². The lowest BCUT2D eigenvalue weighted by molar-refractivity contribution is -0.583. The minimum Gasteiger partial charge on any atom is -0.211 e. The second-order valence-electron chi connectivity index (χ2n) is 1.34. The van der Waals surface area contributed by atoms with Crippen LogP contribution in [0.1, 0.15) is 0 Å². The molecule has 0 N–H and O–H groups in total. The molecule has 0 aromatic rings. The van der Waals surface area contributed by atoms with Gasteiger partial charge in [-0.05, 0) is 0 Å². The Morgan fingerprint density at radius 2 is 1.20 bits per heavy atom. The van der Waals surface area contributed by atoms with Crippen molar-refractivity contribution in [2.75, 3.05) is 14.1 Å². The molecule has 0 heterocycles. The molecule has 0 aliphatic carbocycles. The Hall–Kier alpha value is 0.660. The molecule has 0 amide bonds. The highest BCUT2D eigenvalue weighted by Crippen LogP contribution is 2.02. The van der Waals surface area contributed by atoms with E-state index in [-0.39, 0.29) is 0 Å². The first-order valence-electron chi connectivity index (χ1n) is 1.29. The highest BCUT2D eigenvalue weighted by atomic mass is 32.2. The van der Waals surface area contributed by atoms with Crippen molar-refractivity contribution in [2.45, 2.75) is 0 Å². The normalized spacial score (nSPS) is 12.0. The third-order valence-electron chi connectivity index (χ3n) is 0. The largest absolute Gasteiger partial charge is 0.211 e. The standard InChI is InChI=1S/C2H8NS2/c1-3(2,4)5/h4-5H,1-2H3/q+1. The molecule has 0 unspecified atom stereocenters. The van der Waals surface area contributed by atoms with Crippen molar-refractivity contribution in [1.82, 2.24) is 0 Å². The van der Waals surface area contributed by atoms with Crippen LogP contribution in [0.2, 0.25) is 0 Å². The Morgan fingerprint density at radius 1 is 1.20 bits per heavy atom. The number of hydrogen-bond donors (Lipinski definition) is 2. The highest BCUT2D eigenvalue weighted by molar-refractivity contribution is 7.87. The molecule has 0 rings (SSSR count). The highest BCUT2D eigenvalue weighted by Gasteiger charge is 1.94. The Labute approximate surface area is 43.7 Å². The molecular formula is C2H8NS2+. The number of quaternary nitrogens is 1. The molecule has 0 fully saturated rings. The van der Waals surface area contributed by atoms with Crippen LogP contribution in [0.5, 0.6) is 0 Å². The van der Waals surface area contributed by atoms with Gasteiger partial charge in [0.05, 0.1) is 39.7 Å². The Kier molecular flexibility index (Phi) is 1.59. The van der Waals surface area contributed by atoms with Crippen molar-refractivity contribution in [3.63, 3.8) is 0 Å². The van der Waals surface area contributed by atoms with Gasteiger partial charge in [0.1, 0.15) is 0 Å². The molecular weight excluding hydrogens is 102 g/mol. The third kappa shape index (κ3) is 75.7. The second kappa shape index (κ2) is 1.41. The summed E-state index contributed by atoms with van der Waals surface area (Å²) in [6, 6.07) is 0. The minimum atomic E-state index is 0.389. The predicted molar refractivity (Wildman–Crippen MR) is 30.1 cm³/mol. The molecule has 32 valence electrons. The average molecular weight is 110 g/mol. The predicted octanol–water partition coefficient (Wildman–Crippen LogP) is 0.752. The maximum Gasteiger partial charge on any atom is 0.0892 e. The van der Waals surface area contributed by atoms with Gasteiger partial charge in [-0.25, -0.2) is 3.29 Å². The van der Waals surface area contributed by atoms with Crippen molar-refractivity contribution in [1.29, 1.82) is 0 Å². The van der Waals surface area contributed by atoms with E-state index in [0.717, 1.165) is 0 Å². The van der Waals surface area contributed by atoms with Crippen LogP contribution >= 0.6 is 25.6 Å². The maximum atomic E-state index is 3.92. The zero-order valence-corrected chi connectivity index (χ0v) is 5.13. The van der Waals surface area contributed by atoms with Crippen molar-refractivity contribution in [3.8, 4) is 0 Å². The van der Waals surface area contributed by atoms with Crippen LogP contribution in [0.15, 0.2) is 0 Å². The Bertz CT molecular complexity index is 23.1. The summed E-state index contributed by atoms with van der Waals surface area (Å²) in [7, 11) is 3.71. The molecule has 0 aromatic carbocycles. The van der Waals surface area contributed by atoms with E-state index in [1.807, 2.05) is 14.1 Å². The van der Waals surface area contributed by atoms with Gasteiger partial charge < -0.3 is 0 Å². The summed E-state index contributed by atoms with van der Waals surface area (Å²) in [5.41, 5.74) is 0. The molecule has 0 saturated heterocycles. The summed E-state index contributed by atoms with van der Waals surface area (Å²) in [5, 5.41) is 0. The molecule has 1 nitrogen and oxygen atoms in total. The summed E-state index contributed by atoms with van der Waals surface area (Å²) < 4.78 is 0.389. The monoisotopic (exact) mass is 110 g/mol. The smallest absolute Gasteiger partial charge is 0.0892 e. The van der Waals surface area contributed by atoms with Gasteiger partial charge in [0.15, 0.2) is 0 Å². The van der Waals surface area contributed by atoms with E-state index in [2.05, 4.69) is 25.6 Å². The summed E-state index contributed by atoms with van der Waals surface area (Å²) in [6.45, 7) is 0. The second-order valence-corrected chi connectivity index (χ2v) is 3.65. The molecule has 0 atom stereocenters. The van der Waals surface area contributed by atoms with E-state index in [9.17, 15) is 0 Å². The first kappa shape index (κ1) is 5.66. The van der Waals surface area contributed by atoms with Crippen LogP contribution in [0.25, 0.3) is 0 Å². The fourth-order valence-corrected chi connectivity index (χ4v) is 0. The van der Waals surface area contributed by atoms with Crippen LogP contribution in [0, 0.1) is 0 Å². The molecule has 0 radical (unpaired) electrons. The van der Waals surface area contributed by atoms with Gasteiger partial charge in [0.25, 0.3) is 0 Å². The summed E-state index contributed by atoms with van der Waals surface area (Å²) in [5.74, 6) is 0. The van der Waals surface area contributed by atoms with E-state index >= 15 is 0 Å². The molecule has 0 bridgehead atoms. The van der Waals surface area contributed by atoms with E-state index in [0.29, 0.717) is 3.29 Å². The van der Waals surface area contributed by atoms with Gasteiger partial charge in [-0.15, -0.1) is 0 Å². The number of rotatable bonds is 0. The van der Waals surface area contributed by atoms with Crippen molar-refractivity contribution in [3.05, 3.63) is 0 Å². The van der Waals surface area contributed by atoms with Gasteiger partial charge in [-0.1, -0.05) is 0 Å². The molecule has 0 aliphatic heterocycles. The van der Waals surface area contributed by atoms with E-state index in [4.69, 9.17) is 0 Å². The number of thiol groups is 2. The molecule has 5 heavy (non-hydrogen) atoms. The fourth-order valence-electron chi connectivity index (χ4n) is 0. The lowest BCUT2D eigenvalue weighted by Gasteiger charge is -2.07. The zero-order valence-electron chi connectivity index (χ0n) is 3.34. The van der Waals surface area contributed by atoms with Crippen LogP contribution in [-0.4, -0.2) is 17.4 Å². The van der Waals surface area contributed by atoms with Crippen molar-refractivity contribution < 1.29 is 3.29 Å². The summed E-state index contributed by atoms with van der Waals surface area (Å²) in [4.78, 5) is 0. The first-order chi connectivity index (χ1) is 2.00. The van der Waals surface area contributed by atoms with Gasteiger partial charge >= 0.3 is 0 Å². The minimum absolute atomic E-state index is 0.389. The maximum absolute atomic E-state index is 3.92. The quantitative estimate of drug-likeness (QED) is 0.334. The van der Waals surface area contributed by atoms with Crippen LogP contribution in [0.3, 0.4) is 0 Å². The lowest BCUT2D eigenvalue weighted by Crippen LogP contribution is -2.11. The van der Waals surface area contributed by atoms with Gasteiger partial charge in [0, 0.05) is 0 Å². The average Bonchev–Trinajstić information content (AvgIpc) is 0.722. The zero-order chi connectivity index (χ0) is 4.50. The first-order valence-corrected chi connectivity index (χ1v) is 2.09. The van der Waals surface area contributed by atoms with E-state index < -0.39 is 0 Å². The Morgan fingerprint density at radius 3 is 1.20 bits per heavy atom. The third-order valence-corrected chi connectivity index (χ3v) is 0. The van der Waals surface area contributed by atoms with Gasteiger partial charge in [-0.2, -0.15) is 0 Å². The molecule has 0 aliphatic rings. The van der Waals surface area contributed by atoms with Gasteiger partial charge in [0.2, 0.25) is 0 Å². The topological polar surface area (TPSA) is 0 Å². The van der Waals surface area contributed by atoms with Crippen molar-refractivity contribution in [2.24, 2.45) is 0 Å². The number of nitrogens with zero attached hydrogens (tertiary/aromatic N) is 1. The summed E-state index contributed by atoms with van der Waals surface area (Å²) in [6.07, 6.45) is 0. The SMILES string of the molecule is C[N+](C)(S)S. The van der Waals surface area contributed by atoms with E-state index in [1.54, 1.807) is 0 Å². The Balaban J connectivity index is 3.02. The molecule has 0 saturated carbocycles. The molecule has 0 spiro atoms. The summed E-state index contributed by atoms with van der Waals surface area (Å²) >= 11 is 7.85. The fraction of sp³-hybridized carbons (Fsp3) is 1.00. The van der Waals surface area contributed by atoms with E-state index in [1.165, 1.54) is 0 Å². The molecule has 0 aromatic heterocycles. The number of hydrogen-bond acceptors (Lipinski definition) is 2. The van der Waals surface area contributed by atoms with Crippen LogP contribution < -0.4 is 0 Å². The van der Waals surface area contributed by atoms with Gasteiger partial charge in [-0.3, -0.25) is 0 Å².